The van der Waals surface area contributed by atoms with Gasteiger partial charge in [0.1, 0.15) is 0 Å². The molecule has 0 saturated heterocycles. The van der Waals surface area contributed by atoms with Gasteiger partial charge in [0.2, 0.25) is 5.95 Å². The van der Waals surface area contributed by atoms with E-state index in [1.54, 1.807) is 0 Å². The van der Waals surface area contributed by atoms with Gasteiger partial charge in [-0.05, 0) is 19.1 Å². The first-order valence-electron chi connectivity index (χ1n) is 7.96. The Morgan fingerprint density at radius 3 is 2.96 bits per heavy atom. The molecule has 23 heavy (non-hydrogen) atoms. The second-order valence-corrected chi connectivity index (χ2v) is 5.46. The third-order valence-corrected chi connectivity index (χ3v) is 3.79. The van der Waals surface area contributed by atoms with Gasteiger partial charge in [0.05, 0.1) is 30.3 Å². The Kier molecular flexibility index (Phi) is 5.05. The van der Waals surface area contributed by atoms with Crippen molar-refractivity contribution in [2.45, 2.75) is 19.4 Å². The maximum atomic E-state index is 9.77. The third-order valence-electron chi connectivity index (χ3n) is 3.79. The van der Waals surface area contributed by atoms with Crippen molar-refractivity contribution >= 4 is 17.3 Å². The van der Waals surface area contributed by atoms with Crippen LogP contribution in [0.2, 0.25) is 0 Å². The molecule has 1 aliphatic rings. The second-order valence-electron chi connectivity index (χ2n) is 5.46. The molecular formula is C17H22N4O2. The smallest absolute Gasteiger partial charge is 0.223 e. The number of ether oxygens (including phenoxy) is 1. The van der Waals surface area contributed by atoms with Gasteiger partial charge in [-0.15, -0.1) is 0 Å². The maximum absolute atomic E-state index is 9.77. The zero-order valence-corrected chi connectivity index (χ0v) is 13.3. The Morgan fingerprint density at radius 1 is 1.35 bits per heavy atom. The normalized spacial score (nSPS) is 14.6. The monoisotopic (exact) mass is 314 g/mol. The van der Waals surface area contributed by atoms with E-state index in [1.165, 1.54) is 0 Å². The Morgan fingerprint density at radius 2 is 2.17 bits per heavy atom. The van der Waals surface area contributed by atoms with Gasteiger partial charge < -0.3 is 20.1 Å². The number of aliphatic hydroxyl groups excluding tert-OH is 1. The summed E-state index contributed by atoms with van der Waals surface area (Å²) in [5.74, 6) is 0.550. The molecule has 0 radical (unpaired) electrons. The average Bonchev–Trinajstić information content (AvgIpc) is 3.02. The number of benzene rings is 1. The van der Waals surface area contributed by atoms with Crippen molar-refractivity contribution in [1.29, 1.82) is 0 Å². The second kappa shape index (κ2) is 7.39. The van der Waals surface area contributed by atoms with Gasteiger partial charge in [0.25, 0.3) is 0 Å². The molecule has 6 nitrogen and oxygen atoms in total. The number of rotatable bonds is 7. The van der Waals surface area contributed by atoms with Crippen LogP contribution in [0.4, 0.5) is 17.3 Å². The van der Waals surface area contributed by atoms with Gasteiger partial charge in [-0.25, -0.2) is 9.97 Å². The van der Waals surface area contributed by atoms with Gasteiger partial charge in [-0.1, -0.05) is 18.2 Å². The predicted molar refractivity (Wildman–Crippen MR) is 90.2 cm³/mol. The maximum Gasteiger partial charge on any atom is 0.223 e. The number of para-hydroxylation sites is 1. The van der Waals surface area contributed by atoms with Crippen molar-refractivity contribution in [1.82, 2.24) is 9.97 Å². The Bertz CT molecular complexity index is 636. The molecule has 0 bridgehead atoms. The molecule has 2 heterocycles. The Labute approximate surface area is 136 Å². The van der Waals surface area contributed by atoms with Crippen LogP contribution in [-0.2, 0) is 11.2 Å². The zero-order valence-electron chi connectivity index (χ0n) is 13.3. The highest BCUT2D eigenvalue weighted by molar-refractivity contribution is 5.68. The van der Waals surface area contributed by atoms with Gasteiger partial charge in [0.15, 0.2) is 0 Å². The van der Waals surface area contributed by atoms with Crippen molar-refractivity contribution in [2.24, 2.45) is 0 Å². The summed E-state index contributed by atoms with van der Waals surface area (Å²) in [4.78, 5) is 11.2. The van der Waals surface area contributed by atoms with Gasteiger partial charge in [0, 0.05) is 31.8 Å². The third kappa shape index (κ3) is 3.78. The van der Waals surface area contributed by atoms with E-state index in [-0.39, 0.29) is 0 Å². The van der Waals surface area contributed by atoms with E-state index < -0.39 is 6.10 Å². The van der Waals surface area contributed by atoms with E-state index in [0.29, 0.717) is 25.7 Å². The number of fused-ring (bicyclic) bond motifs is 1. The van der Waals surface area contributed by atoms with Crippen LogP contribution < -0.4 is 10.2 Å². The largest absolute Gasteiger partial charge is 0.389 e. The standard InChI is InChI=1S/C17H22N4O2/c1-2-23-12-14(22)10-18-17-19-11-16-15(20-17)8-9-21(16)13-6-4-3-5-7-13/h3-7,11,14,22H,2,8-10,12H2,1H3,(H,18,19,20). The molecule has 0 aliphatic carbocycles. The van der Waals surface area contributed by atoms with Crippen LogP contribution in [0.25, 0.3) is 0 Å². The molecule has 1 aromatic heterocycles. The van der Waals surface area contributed by atoms with Crippen LogP contribution in [0.3, 0.4) is 0 Å². The molecule has 0 fully saturated rings. The van der Waals surface area contributed by atoms with Crippen LogP contribution >= 0.6 is 0 Å². The first-order chi connectivity index (χ1) is 11.3. The number of nitrogens with zero attached hydrogens (tertiary/aromatic N) is 3. The van der Waals surface area contributed by atoms with Crippen LogP contribution in [-0.4, -0.2) is 47.5 Å². The zero-order chi connectivity index (χ0) is 16.1. The molecule has 1 aromatic carbocycles. The summed E-state index contributed by atoms with van der Waals surface area (Å²) in [6, 6.07) is 10.3. The molecule has 3 rings (SSSR count). The summed E-state index contributed by atoms with van der Waals surface area (Å²) >= 11 is 0. The first kappa shape index (κ1) is 15.7. The van der Waals surface area contributed by atoms with Crippen molar-refractivity contribution in [3.63, 3.8) is 0 Å². The van der Waals surface area contributed by atoms with Crippen LogP contribution in [0.5, 0.6) is 0 Å². The summed E-state index contributed by atoms with van der Waals surface area (Å²) in [6.45, 7) is 4.10. The lowest BCUT2D eigenvalue weighted by Crippen LogP contribution is -2.25. The Hall–Kier alpha value is -2.18. The minimum atomic E-state index is -0.562. The lowest BCUT2D eigenvalue weighted by Gasteiger charge is -2.18. The summed E-state index contributed by atoms with van der Waals surface area (Å²) < 4.78 is 5.18. The highest BCUT2D eigenvalue weighted by Crippen LogP contribution is 2.32. The van der Waals surface area contributed by atoms with Crippen molar-refractivity contribution < 1.29 is 9.84 Å². The molecule has 0 spiro atoms. The van der Waals surface area contributed by atoms with E-state index in [0.717, 1.165) is 30.0 Å². The van der Waals surface area contributed by atoms with Crippen molar-refractivity contribution in [3.8, 4) is 0 Å². The minimum absolute atomic E-state index is 0.316. The van der Waals surface area contributed by atoms with E-state index in [9.17, 15) is 5.11 Å². The van der Waals surface area contributed by atoms with E-state index in [2.05, 4.69) is 32.3 Å². The molecule has 6 heteroatoms. The fourth-order valence-electron chi connectivity index (χ4n) is 2.64. The number of aliphatic hydroxyl groups is 1. The molecule has 2 N–H and O–H groups in total. The summed E-state index contributed by atoms with van der Waals surface area (Å²) in [5.41, 5.74) is 3.24. The number of anilines is 3. The highest BCUT2D eigenvalue weighted by atomic mass is 16.5. The molecule has 1 aliphatic heterocycles. The fourth-order valence-corrected chi connectivity index (χ4v) is 2.64. The van der Waals surface area contributed by atoms with Gasteiger partial charge in [-0.2, -0.15) is 0 Å². The molecule has 1 atom stereocenters. The molecular weight excluding hydrogens is 292 g/mol. The Balaban J connectivity index is 1.65. The predicted octanol–water partition coefficient (Wildman–Crippen LogP) is 1.98. The number of hydrogen-bond donors (Lipinski definition) is 2. The number of nitrogens with one attached hydrogen (secondary N) is 1. The summed E-state index contributed by atoms with van der Waals surface area (Å²) in [7, 11) is 0. The molecule has 2 aromatic rings. The quantitative estimate of drug-likeness (QED) is 0.814. The summed E-state index contributed by atoms with van der Waals surface area (Å²) in [5, 5.41) is 12.8. The average molecular weight is 314 g/mol. The lowest BCUT2D eigenvalue weighted by molar-refractivity contribution is 0.0495. The van der Waals surface area contributed by atoms with Crippen LogP contribution in [0.1, 0.15) is 12.6 Å². The van der Waals surface area contributed by atoms with Gasteiger partial charge >= 0.3 is 0 Å². The van der Waals surface area contributed by atoms with E-state index >= 15 is 0 Å². The van der Waals surface area contributed by atoms with Crippen LogP contribution in [0, 0.1) is 0 Å². The molecule has 0 amide bonds. The topological polar surface area (TPSA) is 70.5 Å². The molecule has 122 valence electrons. The minimum Gasteiger partial charge on any atom is -0.389 e. The van der Waals surface area contributed by atoms with Crippen molar-refractivity contribution in [3.05, 3.63) is 42.2 Å². The SMILES string of the molecule is CCOCC(O)CNc1ncc2c(n1)CCN2c1ccccc1. The van der Waals surface area contributed by atoms with E-state index in [1.807, 2.05) is 31.3 Å². The highest BCUT2D eigenvalue weighted by Gasteiger charge is 2.22. The molecule has 1 unspecified atom stereocenters. The number of hydrogen-bond acceptors (Lipinski definition) is 6. The van der Waals surface area contributed by atoms with Gasteiger partial charge in [-0.3, -0.25) is 0 Å². The van der Waals surface area contributed by atoms with Crippen LogP contribution in [0.15, 0.2) is 36.5 Å². The van der Waals surface area contributed by atoms with E-state index in [4.69, 9.17) is 4.74 Å². The first-order valence-corrected chi connectivity index (χ1v) is 7.96. The van der Waals surface area contributed by atoms with Crippen molar-refractivity contribution in [2.75, 3.05) is 36.5 Å². The molecule has 0 saturated carbocycles. The lowest BCUT2D eigenvalue weighted by atomic mass is 10.3. The summed E-state index contributed by atoms with van der Waals surface area (Å²) in [6.07, 6.45) is 2.18. The number of aromatic nitrogens is 2. The fraction of sp³-hybridized carbons (Fsp3) is 0.412.